The van der Waals surface area contributed by atoms with Crippen LogP contribution in [0.25, 0.3) is 0 Å². The van der Waals surface area contributed by atoms with Crippen molar-refractivity contribution in [2.75, 3.05) is 5.32 Å². The molecule has 5 nitrogen and oxygen atoms in total. The largest absolute Gasteiger partial charge is 0.481 e. The maximum Gasteiger partial charge on any atom is 0.310 e. The molecular weight excluding hydrogens is 256 g/mol. The number of carboxylic acid groups (broad SMARTS) is 1. The van der Waals surface area contributed by atoms with Gasteiger partial charge in [0.05, 0.1) is 5.41 Å². The summed E-state index contributed by atoms with van der Waals surface area (Å²) in [5, 5.41) is 12.0. The average molecular weight is 278 g/mol. The van der Waals surface area contributed by atoms with Crippen LogP contribution in [0.2, 0.25) is 0 Å². The number of anilines is 1. The fourth-order valence-electron chi connectivity index (χ4n) is 1.95. The van der Waals surface area contributed by atoms with Crippen LogP contribution in [0.1, 0.15) is 38.4 Å². The molecule has 0 fully saturated rings. The molecule has 0 saturated heterocycles. The average Bonchev–Trinajstić information content (AvgIpc) is 2.26. The number of aromatic nitrogens is 1. The van der Waals surface area contributed by atoms with Gasteiger partial charge in [-0.3, -0.25) is 9.59 Å². The van der Waals surface area contributed by atoms with E-state index in [1.54, 1.807) is 26.8 Å². The molecular formula is C15H22N2O3. The molecule has 0 aliphatic heterocycles. The van der Waals surface area contributed by atoms with Gasteiger partial charge in [-0.1, -0.05) is 13.8 Å². The molecule has 2 N–H and O–H groups in total. The Balaban J connectivity index is 2.84. The molecule has 1 amide bonds. The van der Waals surface area contributed by atoms with Crippen molar-refractivity contribution < 1.29 is 14.7 Å². The summed E-state index contributed by atoms with van der Waals surface area (Å²) in [7, 11) is 0. The second-order valence-electron chi connectivity index (χ2n) is 5.77. The molecule has 1 atom stereocenters. The van der Waals surface area contributed by atoms with Crippen molar-refractivity contribution in [1.82, 2.24) is 4.98 Å². The molecule has 1 aromatic heterocycles. The van der Waals surface area contributed by atoms with Gasteiger partial charge in [-0.2, -0.15) is 0 Å². The van der Waals surface area contributed by atoms with Crippen molar-refractivity contribution in [2.45, 2.75) is 41.0 Å². The first-order chi connectivity index (χ1) is 9.15. The summed E-state index contributed by atoms with van der Waals surface area (Å²) in [6, 6.07) is 3.67. The van der Waals surface area contributed by atoms with Crippen molar-refractivity contribution >= 4 is 17.7 Å². The molecule has 0 aliphatic carbocycles. The van der Waals surface area contributed by atoms with Crippen LogP contribution in [0.5, 0.6) is 0 Å². The molecule has 1 unspecified atom stereocenters. The smallest absolute Gasteiger partial charge is 0.310 e. The van der Waals surface area contributed by atoms with Crippen LogP contribution in [0.3, 0.4) is 0 Å². The first kappa shape index (κ1) is 16.1. The maximum atomic E-state index is 12.0. The highest BCUT2D eigenvalue weighted by Gasteiger charge is 2.38. The summed E-state index contributed by atoms with van der Waals surface area (Å²) in [4.78, 5) is 27.6. The number of hydrogen-bond donors (Lipinski definition) is 2. The number of aryl methyl sites for hydroxylation is 2. The summed E-state index contributed by atoms with van der Waals surface area (Å²) < 4.78 is 0. The van der Waals surface area contributed by atoms with E-state index in [4.69, 9.17) is 0 Å². The van der Waals surface area contributed by atoms with Gasteiger partial charge in [-0.15, -0.1) is 0 Å². The lowest BCUT2D eigenvalue weighted by Crippen LogP contribution is -2.37. The van der Waals surface area contributed by atoms with Gasteiger partial charge in [0.2, 0.25) is 5.91 Å². The number of aliphatic carboxylic acids is 1. The number of amides is 1. The SMILES string of the molecule is Cc1cc(C)nc(NC(=O)CC(C)(C(=O)O)C(C)C)c1. The van der Waals surface area contributed by atoms with Crippen molar-refractivity contribution in [3.8, 4) is 0 Å². The van der Waals surface area contributed by atoms with Crippen LogP contribution in [0.4, 0.5) is 5.82 Å². The molecule has 5 heteroatoms. The Morgan fingerprint density at radius 3 is 2.40 bits per heavy atom. The number of rotatable bonds is 5. The van der Waals surface area contributed by atoms with Crippen LogP contribution >= 0.6 is 0 Å². The van der Waals surface area contributed by atoms with Gasteiger partial charge >= 0.3 is 5.97 Å². The molecule has 0 bridgehead atoms. The zero-order valence-electron chi connectivity index (χ0n) is 12.7. The predicted octanol–water partition coefficient (Wildman–Crippen LogP) is 2.77. The summed E-state index contributed by atoms with van der Waals surface area (Å²) in [5.41, 5.74) is 0.728. The van der Waals surface area contributed by atoms with Crippen LogP contribution in [0, 0.1) is 25.2 Å². The van der Waals surface area contributed by atoms with E-state index in [2.05, 4.69) is 10.3 Å². The molecule has 1 heterocycles. The maximum absolute atomic E-state index is 12.0. The van der Waals surface area contributed by atoms with Gasteiger partial charge in [0, 0.05) is 12.1 Å². The Morgan fingerprint density at radius 2 is 1.95 bits per heavy atom. The standard InChI is InChI=1S/C15H22N2O3/c1-9(2)15(5,14(19)20)8-13(18)17-12-7-10(3)6-11(4)16-12/h6-7,9H,8H2,1-5H3,(H,19,20)(H,16,17,18). The fourth-order valence-corrected chi connectivity index (χ4v) is 1.95. The van der Waals surface area contributed by atoms with E-state index in [1.807, 2.05) is 19.9 Å². The minimum absolute atomic E-state index is 0.0747. The molecule has 0 aromatic carbocycles. The molecule has 1 rings (SSSR count). The Hall–Kier alpha value is -1.91. The zero-order valence-corrected chi connectivity index (χ0v) is 12.7. The van der Waals surface area contributed by atoms with Gasteiger partial charge in [-0.05, 0) is 44.4 Å². The Kier molecular flexibility index (Phi) is 4.87. The van der Waals surface area contributed by atoms with E-state index >= 15 is 0 Å². The van der Waals surface area contributed by atoms with Gasteiger partial charge in [0.15, 0.2) is 0 Å². The highest BCUT2D eigenvalue weighted by Crippen LogP contribution is 2.31. The Labute approximate surface area is 119 Å². The third kappa shape index (κ3) is 3.79. The number of carbonyl (C=O) groups is 2. The zero-order chi connectivity index (χ0) is 15.5. The van der Waals surface area contributed by atoms with Gasteiger partial charge < -0.3 is 10.4 Å². The summed E-state index contributed by atoms with van der Waals surface area (Å²) in [5.74, 6) is -0.973. The highest BCUT2D eigenvalue weighted by molar-refractivity contribution is 5.93. The molecule has 0 radical (unpaired) electrons. The van der Waals surface area contributed by atoms with Gasteiger partial charge in [0.1, 0.15) is 5.82 Å². The van der Waals surface area contributed by atoms with E-state index in [0.29, 0.717) is 5.82 Å². The van der Waals surface area contributed by atoms with Crippen LogP contribution in [0.15, 0.2) is 12.1 Å². The number of pyridine rings is 1. The third-order valence-electron chi connectivity index (χ3n) is 3.66. The number of carbonyl (C=O) groups excluding carboxylic acids is 1. The molecule has 0 aliphatic rings. The van der Waals surface area contributed by atoms with E-state index in [1.165, 1.54) is 0 Å². The monoisotopic (exact) mass is 278 g/mol. The molecule has 1 aromatic rings. The minimum atomic E-state index is -1.08. The quantitative estimate of drug-likeness (QED) is 0.868. The molecule has 110 valence electrons. The Morgan fingerprint density at radius 1 is 1.35 bits per heavy atom. The summed E-state index contributed by atoms with van der Waals surface area (Å²) in [6.45, 7) is 8.96. The first-order valence-corrected chi connectivity index (χ1v) is 6.63. The second kappa shape index (κ2) is 6.03. The Bertz CT molecular complexity index is 506. The van der Waals surface area contributed by atoms with Crippen molar-refractivity contribution in [3.63, 3.8) is 0 Å². The molecule has 0 spiro atoms. The number of nitrogens with one attached hydrogen (secondary N) is 1. The molecule has 0 saturated carbocycles. The summed E-state index contributed by atoms with van der Waals surface area (Å²) >= 11 is 0. The third-order valence-corrected chi connectivity index (χ3v) is 3.66. The number of carboxylic acids is 1. The topological polar surface area (TPSA) is 79.3 Å². The van der Waals surface area contributed by atoms with Crippen molar-refractivity contribution in [3.05, 3.63) is 23.4 Å². The number of nitrogens with zero attached hydrogens (tertiary/aromatic N) is 1. The van der Waals surface area contributed by atoms with Gasteiger partial charge in [-0.25, -0.2) is 4.98 Å². The summed E-state index contributed by atoms with van der Waals surface area (Å²) in [6.07, 6.45) is -0.0747. The number of hydrogen-bond acceptors (Lipinski definition) is 3. The van der Waals surface area contributed by atoms with E-state index in [9.17, 15) is 14.7 Å². The normalized spacial score (nSPS) is 13.9. The van der Waals surface area contributed by atoms with Crippen LogP contribution in [-0.4, -0.2) is 22.0 Å². The lowest BCUT2D eigenvalue weighted by atomic mass is 9.76. The van der Waals surface area contributed by atoms with Crippen molar-refractivity contribution in [2.24, 2.45) is 11.3 Å². The minimum Gasteiger partial charge on any atom is -0.481 e. The van der Waals surface area contributed by atoms with Crippen LogP contribution in [-0.2, 0) is 9.59 Å². The molecule has 20 heavy (non-hydrogen) atoms. The van der Waals surface area contributed by atoms with Crippen molar-refractivity contribution in [1.29, 1.82) is 0 Å². The van der Waals surface area contributed by atoms with Gasteiger partial charge in [0.25, 0.3) is 0 Å². The second-order valence-corrected chi connectivity index (χ2v) is 5.77. The fraction of sp³-hybridized carbons (Fsp3) is 0.533. The lowest BCUT2D eigenvalue weighted by Gasteiger charge is -2.28. The predicted molar refractivity (Wildman–Crippen MR) is 77.5 cm³/mol. The highest BCUT2D eigenvalue weighted by atomic mass is 16.4. The lowest BCUT2D eigenvalue weighted by molar-refractivity contribution is -0.153. The van der Waals surface area contributed by atoms with E-state index in [0.717, 1.165) is 11.3 Å². The van der Waals surface area contributed by atoms with E-state index < -0.39 is 11.4 Å². The first-order valence-electron chi connectivity index (χ1n) is 6.63. The van der Waals surface area contributed by atoms with Crippen LogP contribution < -0.4 is 5.32 Å². The van der Waals surface area contributed by atoms with E-state index in [-0.39, 0.29) is 18.2 Å².